The first-order valence-electron chi connectivity index (χ1n) is 11.0. The van der Waals surface area contributed by atoms with Crippen LogP contribution in [0.3, 0.4) is 0 Å². The van der Waals surface area contributed by atoms with Gasteiger partial charge in [0.25, 0.3) is 0 Å². The summed E-state index contributed by atoms with van der Waals surface area (Å²) in [5, 5.41) is 4.35. The second kappa shape index (κ2) is 11.8. The zero-order valence-corrected chi connectivity index (χ0v) is 19.9. The van der Waals surface area contributed by atoms with E-state index < -0.39 is 0 Å². The molecule has 1 N–H and O–H groups in total. The van der Waals surface area contributed by atoms with Crippen LogP contribution in [0, 0.1) is 0 Å². The number of anilines is 1. The zero-order chi connectivity index (χ0) is 22.1. The minimum atomic E-state index is 0.145. The molecule has 2 rings (SSSR count). The van der Waals surface area contributed by atoms with Crippen LogP contribution in [-0.4, -0.2) is 34.0 Å². The SMILES string of the molecule is C=C(CC1C(=C)N(C/C(C)=C/C=C\C)C(=S)N1CCC)Nc1ccc(CCC)cc1. The number of hydrogen-bond donors (Lipinski definition) is 1. The van der Waals surface area contributed by atoms with Gasteiger partial charge in [-0.2, -0.15) is 0 Å². The lowest BCUT2D eigenvalue weighted by atomic mass is 10.1. The molecular formula is C26H37N3S. The van der Waals surface area contributed by atoms with E-state index in [2.05, 4.69) is 85.5 Å². The van der Waals surface area contributed by atoms with Crippen molar-refractivity contribution in [3.8, 4) is 0 Å². The number of nitrogens with one attached hydrogen (secondary N) is 1. The van der Waals surface area contributed by atoms with Gasteiger partial charge in [-0.25, -0.2) is 0 Å². The fraction of sp³-hybridized carbons (Fsp3) is 0.423. The molecule has 0 bridgehead atoms. The molecule has 4 heteroatoms. The van der Waals surface area contributed by atoms with Crippen LogP contribution in [0.5, 0.6) is 0 Å². The Morgan fingerprint density at radius 2 is 1.90 bits per heavy atom. The molecule has 1 unspecified atom stereocenters. The molecule has 0 aromatic heterocycles. The summed E-state index contributed by atoms with van der Waals surface area (Å²) in [5.41, 5.74) is 5.75. The summed E-state index contributed by atoms with van der Waals surface area (Å²) < 4.78 is 0. The number of rotatable bonds is 11. The van der Waals surface area contributed by atoms with Gasteiger partial charge in [0.2, 0.25) is 0 Å². The number of thiocarbonyl (C=S) groups is 1. The van der Waals surface area contributed by atoms with E-state index in [9.17, 15) is 0 Å². The van der Waals surface area contributed by atoms with Crippen LogP contribution in [0.15, 0.2) is 72.6 Å². The minimum absolute atomic E-state index is 0.145. The molecule has 1 aliphatic rings. The molecule has 1 aromatic carbocycles. The highest BCUT2D eigenvalue weighted by atomic mass is 32.1. The van der Waals surface area contributed by atoms with Crippen LogP contribution in [0.25, 0.3) is 0 Å². The van der Waals surface area contributed by atoms with Crippen molar-refractivity contribution in [3.05, 3.63) is 78.2 Å². The topological polar surface area (TPSA) is 18.5 Å². The van der Waals surface area contributed by atoms with Crippen LogP contribution >= 0.6 is 12.2 Å². The van der Waals surface area contributed by atoms with E-state index in [1.54, 1.807) is 0 Å². The van der Waals surface area contributed by atoms with Crippen LogP contribution in [0.2, 0.25) is 0 Å². The Kier molecular flexibility index (Phi) is 9.38. The Bertz CT molecular complexity index is 804. The molecule has 1 fully saturated rings. The maximum atomic E-state index is 5.83. The third-order valence-electron chi connectivity index (χ3n) is 5.28. The lowest BCUT2D eigenvalue weighted by molar-refractivity contribution is 0.371. The van der Waals surface area contributed by atoms with Crippen molar-refractivity contribution in [2.24, 2.45) is 0 Å². The Labute approximate surface area is 188 Å². The summed E-state index contributed by atoms with van der Waals surface area (Å²) in [5.74, 6) is 0. The molecule has 0 spiro atoms. The third-order valence-corrected chi connectivity index (χ3v) is 5.74. The fourth-order valence-corrected chi connectivity index (χ4v) is 4.16. The van der Waals surface area contributed by atoms with Gasteiger partial charge in [-0.15, -0.1) is 0 Å². The molecule has 0 radical (unpaired) electrons. The second-order valence-electron chi connectivity index (χ2n) is 7.99. The maximum absolute atomic E-state index is 5.83. The van der Waals surface area contributed by atoms with Crippen LogP contribution in [0.1, 0.15) is 52.5 Å². The predicted molar refractivity (Wildman–Crippen MR) is 136 cm³/mol. The van der Waals surface area contributed by atoms with Crippen molar-refractivity contribution in [1.29, 1.82) is 0 Å². The van der Waals surface area contributed by atoms with Crippen LogP contribution < -0.4 is 5.32 Å². The molecule has 0 amide bonds. The van der Waals surface area contributed by atoms with Gasteiger partial charge in [-0.05, 0) is 56.6 Å². The van der Waals surface area contributed by atoms with E-state index in [-0.39, 0.29) is 6.04 Å². The smallest absolute Gasteiger partial charge is 0.176 e. The summed E-state index contributed by atoms with van der Waals surface area (Å²) in [6.07, 6.45) is 10.3. The number of benzene rings is 1. The monoisotopic (exact) mass is 423 g/mol. The molecule has 1 saturated heterocycles. The molecule has 1 aromatic rings. The normalized spacial score (nSPS) is 17.3. The highest BCUT2D eigenvalue weighted by molar-refractivity contribution is 7.80. The van der Waals surface area contributed by atoms with E-state index in [4.69, 9.17) is 12.2 Å². The summed E-state index contributed by atoms with van der Waals surface area (Å²) in [6, 6.07) is 8.79. The molecular weight excluding hydrogens is 386 g/mol. The van der Waals surface area contributed by atoms with E-state index in [1.165, 1.54) is 11.1 Å². The van der Waals surface area contributed by atoms with Crippen molar-refractivity contribution in [2.45, 2.75) is 59.4 Å². The number of aryl methyl sites for hydroxylation is 1. The van der Waals surface area contributed by atoms with Gasteiger partial charge >= 0.3 is 0 Å². The standard InChI is InChI=1S/C26H37N3S/c1-7-10-12-20(4)19-29-22(6)25(28(17-9-3)26(29)30)18-21(5)27-24-15-13-23(11-8-2)14-16-24/h7,10,12-16,25,27H,5-6,8-9,11,17-19H2,1-4H3/b10-7-,20-12+. The van der Waals surface area contributed by atoms with Crippen molar-refractivity contribution < 1.29 is 0 Å². The highest BCUT2D eigenvalue weighted by Gasteiger charge is 2.37. The Hall–Kier alpha value is -2.33. The van der Waals surface area contributed by atoms with Crippen molar-refractivity contribution >= 4 is 23.0 Å². The number of nitrogens with zero attached hydrogens (tertiary/aromatic N) is 2. The molecule has 0 aliphatic carbocycles. The highest BCUT2D eigenvalue weighted by Crippen LogP contribution is 2.31. The molecule has 1 heterocycles. The van der Waals surface area contributed by atoms with Gasteiger partial charge in [0, 0.05) is 36.6 Å². The van der Waals surface area contributed by atoms with E-state index in [0.29, 0.717) is 0 Å². The first-order chi connectivity index (χ1) is 14.4. The molecule has 1 aliphatic heterocycles. The van der Waals surface area contributed by atoms with Gasteiger partial charge in [-0.1, -0.05) is 69.4 Å². The fourth-order valence-electron chi connectivity index (χ4n) is 3.76. The van der Waals surface area contributed by atoms with Gasteiger partial charge in [-0.3, -0.25) is 0 Å². The zero-order valence-electron chi connectivity index (χ0n) is 19.1. The van der Waals surface area contributed by atoms with Crippen molar-refractivity contribution in [2.75, 3.05) is 18.4 Å². The molecule has 162 valence electrons. The molecule has 30 heavy (non-hydrogen) atoms. The second-order valence-corrected chi connectivity index (χ2v) is 8.35. The minimum Gasteiger partial charge on any atom is -0.359 e. The van der Waals surface area contributed by atoms with E-state index in [1.807, 2.05) is 13.0 Å². The molecule has 3 nitrogen and oxygen atoms in total. The van der Waals surface area contributed by atoms with Crippen LogP contribution in [0.4, 0.5) is 5.69 Å². The largest absolute Gasteiger partial charge is 0.359 e. The van der Waals surface area contributed by atoms with Crippen molar-refractivity contribution in [1.82, 2.24) is 9.80 Å². The molecule has 0 saturated carbocycles. The Morgan fingerprint density at radius 3 is 2.50 bits per heavy atom. The van der Waals surface area contributed by atoms with E-state index >= 15 is 0 Å². The summed E-state index contributed by atoms with van der Waals surface area (Å²) >= 11 is 5.83. The van der Waals surface area contributed by atoms with Gasteiger partial charge < -0.3 is 15.1 Å². The number of allylic oxidation sites excluding steroid dienone is 3. The van der Waals surface area contributed by atoms with Gasteiger partial charge in [0.15, 0.2) is 5.11 Å². The molecule has 1 atom stereocenters. The lowest BCUT2D eigenvalue weighted by Crippen LogP contribution is -2.36. The lowest BCUT2D eigenvalue weighted by Gasteiger charge is -2.25. The third kappa shape index (κ3) is 6.33. The summed E-state index contributed by atoms with van der Waals surface area (Å²) in [4.78, 5) is 4.48. The van der Waals surface area contributed by atoms with E-state index in [0.717, 1.165) is 61.0 Å². The quantitative estimate of drug-likeness (QED) is 0.316. The van der Waals surface area contributed by atoms with Gasteiger partial charge in [0.05, 0.1) is 6.04 Å². The van der Waals surface area contributed by atoms with Crippen LogP contribution in [-0.2, 0) is 6.42 Å². The maximum Gasteiger partial charge on any atom is 0.176 e. The Balaban J connectivity index is 2.08. The van der Waals surface area contributed by atoms with Gasteiger partial charge in [0.1, 0.15) is 0 Å². The number of hydrogen-bond acceptors (Lipinski definition) is 2. The predicted octanol–water partition coefficient (Wildman–Crippen LogP) is 6.67. The van der Waals surface area contributed by atoms with Crippen molar-refractivity contribution in [3.63, 3.8) is 0 Å². The first kappa shape index (κ1) is 23.9. The summed E-state index contributed by atoms with van der Waals surface area (Å²) in [6.45, 7) is 19.0. The average molecular weight is 424 g/mol. The summed E-state index contributed by atoms with van der Waals surface area (Å²) in [7, 11) is 0. The average Bonchev–Trinajstić information content (AvgIpc) is 2.93. The first-order valence-corrected chi connectivity index (χ1v) is 11.4. The Morgan fingerprint density at radius 1 is 1.20 bits per heavy atom.